The zero-order chi connectivity index (χ0) is 22.1. The quantitative estimate of drug-likeness (QED) is 0.645. The van der Waals surface area contributed by atoms with Crippen LogP contribution in [0.2, 0.25) is 0 Å². The van der Waals surface area contributed by atoms with E-state index in [1.165, 1.54) is 22.7 Å². The van der Waals surface area contributed by atoms with Crippen molar-refractivity contribution in [2.45, 2.75) is 56.4 Å². The Morgan fingerprint density at radius 2 is 1.93 bits per heavy atom. The number of sulfone groups is 1. The van der Waals surface area contributed by atoms with Crippen LogP contribution in [0.4, 0.5) is 18.3 Å². The van der Waals surface area contributed by atoms with Crippen molar-refractivity contribution in [1.82, 2.24) is 9.97 Å². The molecule has 0 spiro atoms. The molecule has 2 aromatic rings. The summed E-state index contributed by atoms with van der Waals surface area (Å²) in [6.45, 7) is 1.64. The minimum absolute atomic E-state index is 0.0982. The van der Waals surface area contributed by atoms with Crippen molar-refractivity contribution in [1.29, 1.82) is 0 Å². The van der Waals surface area contributed by atoms with Crippen molar-refractivity contribution in [2.75, 3.05) is 5.32 Å². The standard InChI is InChI=1S/C17H20F3N3O4S3/c1-9-15(29-14(7-24)21-9)12-8-28-16(22-12)23-13(25)6-10-2-4-11(5-3-10)30(26,27)17(18,19)20/h8,10-11,24H,2-7H2,1H3,(H,22,23,25). The minimum Gasteiger partial charge on any atom is -0.389 e. The molecule has 2 heterocycles. The van der Waals surface area contributed by atoms with E-state index in [9.17, 15) is 31.5 Å². The lowest BCUT2D eigenvalue weighted by Gasteiger charge is -2.28. The normalized spacial score (nSPS) is 20.3. The second-order valence-electron chi connectivity index (χ2n) is 7.10. The molecular weight excluding hydrogens is 463 g/mol. The Morgan fingerprint density at radius 1 is 1.27 bits per heavy atom. The molecule has 2 N–H and O–H groups in total. The van der Waals surface area contributed by atoms with Gasteiger partial charge in [0.2, 0.25) is 5.91 Å². The van der Waals surface area contributed by atoms with E-state index in [4.69, 9.17) is 0 Å². The van der Waals surface area contributed by atoms with Gasteiger partial charge in [-0.15, -0.1) is 22.7 Å². The molecule has 0 atom stereocenters. The molecule has 30 heavy (non-hydrogen) atoms. The molecule has 166 valence electrons. The molecular formula is C17H20F3N3O4S3. The van der Waals surface area contributed by atoms with Crippen LogP contribution in [0.15, 0.2) is 5.38 Å². The number of carbonyl (C=O) groups excluding carboxylic acids is 1. The van der Waals surface area contributed by atoms with Gasteiger partial charge in [0.1, 0.15) is 5.01 Å². The minimum atomic E-state index is -5.24. The smallest absolute Gasteiger partial charge is 0.389 e. The number of amides is 1. The fourth-order valence-electron chi connectivity index (χ4n) is 3.46. The van der Waals surface area contributed by atoms with Gasteiger partial charge in [0.15, 0.2) is 5.13 Å². The van der Waals surface area contributed by atoms with Crippen LogP contribution in [-0.4, -0.2) is 40.2 Å². The van der Waals surface area contributed by atoms with Gasteiger partial charge in [-0.3, -0.25) is 4.79 Å². The van der Waals surface area contributed by atoms with Gasteiger partial charge >= 0.3 is 5.51 Å². The Kier molecular flexibility index (Phi) is 6.84. The van der Waals surface area contributed by atoms with Crippen molar-refractivity contribution >= 4 is 43.5 Å². The van der Waals surface area contributed by atoms with E-state index in [0.717, 1.165) is 10.6 Å². The molecule has 0 bridgehead atoms. The van der Waals surface area contributed by atoms with Gasteiger partial charge in [-0.05, 0) is 38.5 Å². The van der Waals surface area contributed by atoms with Crippen molar-refractivity contribution in [3.05, 3.63) is 16.1 Å². The van der Waals surface area contributed by atoms with Gasteiger partial charge in [-0.25, -0.2) is 18.4 Å². The third kappa shape index (κ3) is 5.01. The summed E-state index contributed by atoms with van der Waals surface area (Å²) in [6.07, 6.45) is 0.404. The Balaban J connectivity index is 1.54. The van der Waals surface area contributed by atoms with Crippen LogP contribution in [0.25, 0.3) is 10.6 Å². The summed E-state index contributed by atoms with van der Waals surface area (Å²) >= 11 is 2.55. The molecule has 7 nitrogen and oxygen atoms in total. The maximum absolute atomic E-state index is 12.7. The van der Waals surface area contributed by atoms with E-state index >= 15 is 0 Å². The topological polar surface area (TPSA) is 109 Å². The number of rotatable bonds is 6. The molecule has 0 radical (unpaired) electrons. The number of hydrogen-bond acceptors (Lipinski definition) is 8. The van der Waals surface area contributed by atoms with Gasteiger partial charge < -0.3 is 10.4 Å². The number of aryl methyl sites for hydroxylation is 1. The average molecular weight is 484 g/mol. The van der Waals surface area contributed by atoms with Crippen molar-refractivity contribution < 1.29 is 31.5 Å². The number of aromatic nitrogens is 2. The molecule has 0 unspecified atom stereocenters. The lowest BCUT2D eigenvalue weighted by Crippen LogP contribution is -2.37. The van der Waals surface area contributed by atoms with Crippen molar-refractivity contribution in [3.8, 4) is 10.6 Å². The summed E-state index contributed by atoms with van der Waals surface area (Å²) in [5.74, 6) is -0.477. The molecule has 1 saturated carbocycles. The number of anilines is 1. The van der Waals surface area contributed by atoms with Crippen LogP contribution in [0.3, 0.4) is 0 Å². The Morgan fingerprint density at radius 3 is 2.50 bits per heavy atom. The molecule has 0 aromatic carbocycles. The van der Waals surface area contributed by atoms with E-state index in [-0.39, 0.29) is 50.5 Å². The average Bonchev–Trinajstić information content (AvgIpc) is 3.27. The molecule has 1 fully saturated rings. The Labute approximate surface area is 179 Å². The van der Waals surface area contributed by atoms with Crippen LogP contribution in [-0.2, 0) is 21.2 Å². The zero-order valence-corrected chi connectivity index (χ0v) is 18.3. The number of nitrogens with zero attached hydrogens (tertiary/aromatic N) is 2. The highest BCUT2D eigenvalue weighted by atomic mass is 32.2. The molecule has 0 saturated heterocycles. The largest absolute Gasteiger partial charge is 0.497 e. The highest BCUT2D eigenvalue weighted by molar-refractivity contribution is 7.92. The monoisotopic (exact) mass is 483 g/mol. The number of hydrogen-bond donors (Lipinski definition) is 2. The summed E-state index contributed by atoms with van der Waals surface area (Å²) in [6, 6.07) is 0. The number of nitrogens with one attached hydrogen (secondary N) is 1. The second kappa shape index (κ2) is 8.89. The number of aliphatic hydroxyl groups is 1. The lowest BCUT2D eigenvalue weighted by molar-refractivity contribution is -0.117. The molecule has 1 aliphatic carbocycles. The molecule has 3 rings (SSSR count). The summed E-state index contributed by atoms with van der Waals surface area (Å²) in [5, 5.41) is 13.2. The lowest BCUT2D eigenvalue weighted by atomic mass is 9.86. The fraction of sp³-hybridized carbons (Fsp3) is 0.588. The predicted molar refractivity (Wildman–Crippen MR) is 108 cm³/mol. The van der Waals surface area contributed by atoms with E-state index in [2.05, 4.69) is 15.3 Å². The first-order chi connectivity index (χ1) is 14.0. The van der Waals surface area contributed by atoms with Gasteiger partial charge in [0.25, 0.3) is 9.84 Å². The van der Waals surface area contributed by atoms with Crippen molar-refractivity contribution in [3.63, 3.8) is 0 Å². The molecule has 2 aromatic heterocycles. The first kappa shape index (κ1) is 23.1. The number of halogens is 3. The summed E-state index contributed by atoms with van der Waals surface area (Å²) in [5.41, 5.74) is -3.86. The number of alkyl halides is 3. The predicted octanol–water partition coefficient (Wildman–Crippen LogP) is 3.89. The first-order valence-electron chi connectivity index (χ1n) is 9.14. The Hall–Kier alpha value is -1.57. The van der Waals surface area contributed by atoms with Gasteiger partial charge in [0, 0.05) is 11.8 Å². The number of aliphatic hydroxyl groups excluding tert-OH is 1. The summed E-state index contributed by atoms with van der Waals surface area (Å²) < 4.78 is 61.0. The van der Waals surface area contributed by atoms with E-state index < -0.39 is 20.6 Å². The maximum atomic E-state index is 12.7. The number of thiazole rings is 2. The van der Waals surface area contributed by atoms with Crippen LogP contribution in [0.5, 0.6) is 0 Å². The van der Waals surface area contributed by atoms with Gasteiger partial charge in [-0.1, -0.05) is 0 Å². The third-order valence-electron chi connectivity index (χ3n) is 4.99. The van der Waals surface area contributed by atoms with Gasteiger partial charge in [0.05, 0.1) is 28.1 Å². The van der Waals surface area contributed by atoms with Crippen LogP contribution >= 0.6 is 22.7 Å². The van der Waals surface area contributed by atoms with Crippen LogP contribution < -0.4 is 5.32 Å². The molecule has 13 heteroatoms. The highest BCUT2D eigenvalue weighted by Gasteiger charge is 2.51. The SMILES string of the molecule is Cc1nc(CO)sc1-c1csc(NC(=O)CC2CCC(S(=O)(=O)C(F)(F)F)CC2)n1. The van der Waals surface area contributed by atoms with E-state index in [1.807, 2.05) is 0 Å². The number of carbonyl (C=O) groups is 1. The molecule has 0 aliphatic heterocycles. The van der Waals surface area contributed by atoms with E-state index in [1.54, 1.807) is 12.3 Å². The third-order valence-corrected chi connectivity index (χ3v) is 8.91. The zero-order valence-electron chi connectivity index (χ0n) is 15.9. The Bertz CT molecular complexity index is 1010. The van der Waals surface area contributed by atoms with Crippen molar-refractivity contribution in [2.24, 2.45) is 5.92 Å². The summed E-state index contributed by atoms with van der Waals surface area (Å²) in [4.78, 5) is 21.7. The van der Waals surface area contributed by atoms with E-state index in [0.29, 0.717) is 15.8 Å². The first-order valence-corrected chi connectivity index (χ1v) is 12.4. The molecule has 1 aliphatic rings. The second-order valence-corrected chi connectivity index (χ2v) is 11.3. The summed E-state index contributed by atoms with van der Waals surface area (Å²) in [7, 11) is -5.16. The van der Waals surface area contributed by atoms with Gasteiger partial charge in [-0.2, -0.15) is 13.2 Å². The fourth-order valence-corrected chi connectivity index (χ4v) is 6.41. The van der Waals surface area contributed by atoms with Crippen LogP contribution in [0, 0.1) is 12.8 Å². The maximum Gasteiger partial charge on any atom is 0.497 e. The van der Waals surface area contributed by atoms with Crippen LogP contribution in [0.1, 0.15) is 42.8 Å². The molecule has 1 amide bonds. The highest BCUT2D eigenvalue weighted by Crippen LogP contribution is 2.37.